The van der Waals surface area contributed by atoms with Crippen molar-refractivity contribution in [1.82, 2.24) is 15.0 Å². The fraction of sp³-hybridized carbons (Fsp3) is 0.583. The number of carbonyl (C=O) groups is 2. The molecule has 7 nitrogen and oxygen atoms in total. The molecule has 2 saturated heterocycles. The molecule has 1 aromatic rings. The fourth-order valence-corrected chi connectivity index (χ4v) is 2.61. The second-order valence-electron chi connectivity index (χ2n) is 4.85. The lowest BCUT2D eigenvalue weighted by Gasteiger charge is -2.45. The van der Waals surface area contributed by atoms with Crippen LogP contribution in [-0.2, 0) is 9.53 Å². The predicted octanol–water partition coefficient (Wildman–Crippen LogP) is -0.254. The van der Waals surface area contributed by atoms with Gasteiger partial charge in [0, 0.05) is 26.2 Å². The molecule has 0 aliphatic carbocycles. The van der Waals surface area contributed by atoms with Crippen molar-refractivity contribution in [1.29, 1.82) is 0 Å². The first-order valence-corrected chi connectivity index (χ1v) is 6.23. The number of likely N-dealkylation sites (tertiary alicyclic amines) is 1. The van der Waals surface area contributed by atoms with Crippen molar-refractivity contribution in [2.75, 3.05) is 26.7 Å². The van der Waals surface area contributed by atoms with Crippen LogP contribution >= 0.6 is 0 Å². The quantitative estimate of drug-likeness (QED) is 0.699. The van der Waals surface area contributed by atoms with E-state index in [9.17, 15) is 9.59 Å². The average Bonchev–Trinajstić information content (AvgIpc) is 2.96. The average molecular weight is 265 g/mol. The first-order valence-electron chi connectivity index (χ1n) is 6.23. The van der Waals surface area contributed by atoms with Crippen molar-refractivity contribution in [2.45, 2.75) is 18.6 Å². The summed E-state index contributed by atoms with van der Waals surface area (Å²) in [5.74, 6) is -0.212. The summed E-state index contributed by atoms with van der Waals surface area (Å²) in [6.07, 6.45) is 2.12. The minimum Gasteiger partial charge on any atom is -0.366 e. The van der Waals surface area contributed by atoms with Crippen LogP contribution in [-0.4, -0.2) is 65.7 Å². The lowest BCUT2D eigenvalue weighted by atomic mass is 9.99. The van der Waals surface area contributed by atoms with E-state index in [1.807, 2.05) is 0 Å². The first-order chi connectivity index (χ1) is 9.16. The Bertz CT molecular complexity index is 487. The summed E-state index contributed by atoms with van der Waals surface area (Å²) in [7, 11) is 1.76. The molecule has 3 rings (SSSR count). The third-order valence-corrected chi connectivity index (χ3v) is 3.78. The van der Waals surface area contributed by atoms with Gasteiger partial charge in [-0.15, -0.1) is 0 Å². The third-order valence-electron chi connectivity index (χ3n) is 3.78. The first kappa shape index (κ1) is 12.2. The van der Waals surface area contributed by atoms with Gasteiger partial charge in [0.05, 0.1) is 12.1 Å². The summed E-state index contributed by atoms with van der Waals surface area (Å²) in [5.41, 5.74) is 0.296. The number of rotatable bonds is 1. The van der Waals surface area contributed by atoms with E-state index < -0.39 is 0 Å². The maximum absolute atomic E-state index is 12.2. The van der Waals surface area contributed by atoms with Crippen LogP contribution in [0.5, 0.6) is 0 Å². The molecule has 0 N–H and O–H groups in total. The normalized spacial score (nSPS) is 27.3. The van der Waals surface area contributed by atoms with Gasteiger partial charge >= 0.3 is 0 Å². The second-order valence-corrected chi connectivity index (χ2v) is 4.85. The predicted molar refractivity (Wildman–Crippen MR) is 63.3 cm³/mol. The maximum Gasteiger partial charge on any atom is 0.276 e. The lowest BCUT2D eigenvalue weighted by molar-refractivity contribution is -0.159. The number of aromatic nitrogens is 1. The van der Waals surface area contributed by atoms with E-state index in [1.54, 1.807) is 22.9 Å². The number of morpholine rings is 1. The lowest BCUT2D eigenvalue weighted by Crippen LogP contribution is -2.61. The monoisotopic (exact) mass is 265 g/mol. The summed E-state index contributed by atoms with van der Waals surface area (Å²) in [5, 5.41) is 3.65. The molecule has 2 amide bonds. The Balaban J connectivity index is 1.73. The molecule has 0 spiro atoms. The van der Waals surface area contributed by atoms with Gasteiger partial charge in [0.25, 0.3) is 5.91 Å². The van der Waals surface area contributed by atoms with Crippen LogP contribution in [0.2, 0.25) is 0 Å². The van der Waals surface area contributed by atoms with E-state index in [0.29, 0.717) is 18.8 Å². The fourth-order valence-electron chi connectivity index (χ4n) is 2.61. The minimum atomic E-state index is -0.168. The van der Waals surface area contributed by atoms with Crippen LogP contribution in [0.3, 0.4) is 0 Å². The largest absolute Gasteiger partial charge is 0.366 e. The van der Waals surface area contributed by atoms with Gasteiger partial charge in [-0.3, -0.25) is 9.59 Å². The van der Waals surface area contributed by atoms with Crippen molar-refractivity contribution in [2.24, 2.45) is 0 Å². The van der Waals surface area contributed by atoms with Crippen molar-refractivity contribution in [3.05, 3.63) is 18.0 Å². The number of piperidine rings is 1. The molecule has 1 aromatic heterocycles. The Labute approximate surface area is 110 Å². The number of likely N-dealkylation sites (N-methyl/N-ethyl adjacent to an activating group) is 1. The summed E-state index contributed by atoms with van der Waals surface area (Å²) < 4.78 is 10.2. The van der Waals surface area contributed by atoms with Crippen LogP contribution in [0.25, 0.3) is 0 Å². The molecular formula is C12H15N3O4. The molecule has 2 fully saturated rings. The van der Waals surface area contributed by atoms with Gasteiger partial charge in [-0.2, -0.15) is 0 Å². The molecule has 0 bridgehead atoms. The minimum absolute atomic E-state index is 0.0176. The highest BCUT2D eigenvalue weighted by Crippen LogP contribution is 2.23. The maximum atomic E-state index is 12.2. The van der Waals surface area contributed by atoms with Crippen molar-refractivity contribution in [3.63, 3.8) is 0 Å². The molecular weight excluding hydrogens is 250 g/mol. The van der Waals surface area contributed by atoms with E-state index in [-0.39, 0.29) is 30.6 Å². The van der Waals surface area contributed by atoms with Crippen LogP contribution in [0.15, 0.2) is 16.9 Å². The summed E-state index contributed by atoms with van der Waals surface area (Å²) >= 11 is 0. The molecule has 0 radical (unpaired) electrons. The standard InChI is InChI=1S/C12H15N3O4/c1-14-9-6-15(12(17)8-3-5-19-13-8)4-2-10(9)18-7-11(14)16/h3,5,9-10H,2,4,6-7H2,1H3/t9-,10+/m0/s1. The number of amides is 2. The van der Waals surface area contributed by atoms with Gasteiger partial charge < -0.3 is 19.1 Å². The number of fused-ring (bicyclic) bond motifs is 1. The van der Waals surface area contributed by atoms with E-state index in [0.717, 1.165) is 6.42 Å². The number of ether oxygens (including phenoxy) is 1. The van der Waals surface area contributed by atoms with Crippen LogP contribution in [0.1, 0.15) is 16.9 Å². The van der Waals surface area contributed by atoms with E-state index in [4.69, 9.17) is 4.74 Å². The van der Waals surface area contributed by atoms with Crippen molar-refractivity contribution >= 4 is 11.8 Å². The Morgan fingerprint density at radius 3 is 3.11 bits per heavy atom. The number of carbonyl (C=O) groups excluding carboxylic acids is 2. The highest BCUT2D eigenvalue weighted by molar-refractivity contribution is 5.92. The van der Waals surface area contributed by atoms with E-state index >= 15 is 0 Å². The van der Waals surface area contributed by atoms with Crippen LogP contribution < -0.4 is 0 Å². The topological polar surface area (TPSA) is 75.9 Å². The Morgan fingerprint density at radius 1 is 1.53 bits per heavy atom. The molecule has 0 aromatic carbocycles. The van der Waals surface area contributed by atoms with Gasteiger partial charge in [-0.25, -0.2) is 0 Å². The molecule has 2 aliphatic heterocycles. The Morgan fingerprint density at radius 2 is 2.37 bits per heavy atom. The number of hydrogen-bond acceptors (Lipinski definition) is 5. The number of nitrogens with zero attached hydrogens (tertiary/aromatic N) is 3. The SMILES string of the molecule is CN1C(=O)CO[C@@H]2CCN(C(=O)c3ccon3)C[C@@H]21. The molecule has 0 unspecified atom stereocenters. The van der Waals surface area contributed by atoms with Gasteiger partial charge in [0.2, 0.25) is 5.91 Å². The summed E-state index contributed by atoms with van der Waals surface area (Å²) in [6.45, 7) is 1.21. The highest BCUT2D eigenvalue weighted by atomic mass is 16.5. The van der Waals surface area contributed by atoms with Gasteiger partial charge in [0.15, 0.2) is 5.69 Å². The van der Waals surface area contributed by atoms with Gasteiger partial charge in [-0.05, 0) is 6.42 Å². The van der Waals surface area contributed by atoms with E-state index in [2.05, 4.69) is 9.68 Å². The zero-order chi connectivity index (χ0) is 13.4. The number of hydrogen-bond donors (Lipinski definition) is 0. The van der Waals surface area contributed by atoms with Crippen LogP contribution in [0.4, 0.5) is 0 Å². The molecule has 7 heteroatoms. The summed E-state index contributed by atoms with van der Waals surface area (Å²) in [6, 6.07) is 1.46. The van der Waals surface area contributed by atoms with Crippen molar-refractivity contribution < 1.29 is 18.8 Å². The van der Waals surface area contributed by atoms with Gasteiger partial charge in [-0.1, -0.05) is 5.16 Å². The van der Waals surface area contributed by atoms with Crippen LogP contribution in [0, 0.1) is 0 Å². The van der Waals surface area contributed by atoms with Gasteiger partial charge in [0.1, 0.15) is 12.9 Å². The molecule has 19 heavy (non-hydrogen) atoms. The molecule has 102 valence electrons. The molecule has 2 atom stereocenters. The molecule has 0 saturated carbocycles. The Kier molecular flexibility index (Phi) is 2.98. The highest BCUT2D eigenvalue weighted by Gasteiger charge is 2.40. The zero-order valence-electron chi connectivity index (χ0n) is 10.6. The van der Waals surface area contributed by atoms with E-state index in [1.165, 1.54) is 6.26 Å². The summed E-state index contributed by atoms with van der Waals surface area (Å²) in [4.78, 5) is 27.2. The molecule has 2 aliphatic rings. The molecule has 3 heterocycles. The third kappa shape index (κ3) is 2.10. The van der Waals surface area contributed by atoms with Crippen molar-refractivity contribution in [3.8, 4) is 0 Å². The second kappa shape index (κ2) is 4.65. The Hall–Kier alpha value is -1.89. The smallest absolute Gasteiger partial charge is 0.276 e. The zero-order valence-corrected chi connectivity index (χ0v) is 10.6.